The molecule has 1 aromatic heterocycles. The first kappa shape index (κ1) is 24.3. The van der Waals surface area contributed by atoms with Crippen molar-refractivity contribution in [3.05, 3.63) is 80.3 Å². The lowest BCUT2D eigenvalue weighted by molar-refractivity contribution is 0.0982. The minimum Gasteiger partial charge on any atom is -0.292 e. The first-order chi connectivity index (χ1) is 15.3. The summed E-state index contributed by atoms with van der Waals surface area (Å²) in [4.78, 5) is 15.2. The van der Waals surface area contributed by atoms with Crippen LogP contribution in [-0.4, -0.2) is 15.7 Å². The lowest BCUT2D eigenvalue weighted by atomic mass is 9.92. The van der Waals surface area contributed by atoms with Gasteiger partial charge in [-0.25, -0.2) is 4.39 Å². The van der Waals surface area contributed by atoms with Crippen molar-refractivity contribution in [3.63, 3.8) is 0 Å². The van der Waals surface area contributed by atoms with Crippen LogP contribution in [0.15, 0.2) is 36.4 Å². The zero-order chi connectivity index (χ0) is 23.7. The van der Waals surface area contributed by atoms with Crippen LogP contribution in [0.1, 0.15) is 79.5 Å². The molecule has 0 aliphatic carbocycles. The Hall–Kier alpha value is -2.37. The van der Waals surface area contributed by atoms with Gasteiger partial charge in [-0.15, -0.1) is 0 Å². The van der Waals surface area contributed by atoms with Gasteiger partial charge < -0.3 is 0 Å². The number of halogens is 3. The molecule has 4 nitrogen and oxygen atoms in total. The number of fused-ring (bicyclic) bond motifs is 1. The third-order valence-electron chi connectivity index (χ3n) is 5.54. The van der Waals surface area contributed by atoms with Crippen LogP contribution < -0.4 is 4.90 Å². The molecule has 0 spiro atoms. The smallest absolute Gasteiger partial charge is 0.277 e. The predicted molar refractivity (Wildman–Crippen MR) is 130 cm³/mol. The summed E-state index contributed by atoms with van der Waals surface area (Å²) < 4.78 is 16.8. The molecule has 0 saturated carbocycles. The third kappa shape index (κ3) is 3.93. The summed E-state index contributed by atoms with van der Waals surface area (Å²) in [7, 11) is 0. The number of aromatic nitrogens is 2. The Morgan fingerprint density at radius 1 is 1.16 bits per heavy atom. The van der Waals surface area contributed by atoms with E-state index >= 15 is 4.39 Å². The summed E-state index contributed by atoms with van der Waals surface area (Å²) in [5.41, 5.74) is 4.06. The summed E-state index contributed by atoms with van der Waals surface area (Å²) in [6.45, 7) is 12.5. The first-order valence-corrected chi connectivity index (χ1v) is 11.7. The van der Waals surface area contributed by atoms with Crippen LogP contribution in [-0.2, 0) is 6.54 Å². The number of amides is 1. The largest absolute Gasteiger partial charge is 0.292 e. The Kier molecular flexibility index (Phi) is 7.31. The Bertz CT molecular complexity index is 1160. The molecule has 1 unspecified atom stereocenters. The van der Waals surface area contributed by atoms with Crippen molar-refractivity contribution in [1.82, 2.24) is 9.78 Å². The van der Waals surface area contributed by atoms with Gasteiger partial charge in [0, 0.05) is 17.1 Å². The van der Waals surface area contributed by atoms with Gasteiger partial charge in [0.05, 0.1) is 22.4 Å². The lowest BCUT2D eigenvalue weighted by Crippen LogP contribution is -2.31. The van der Waals surface area contributed by atoms with Gasteiger partial charge in [0.25, 0.3) is 5.91 Å². The summed E-state index contributed by atoms with van der Waals surface area (Å²) in [5.74, 6) is -0.827. The van der Waals surface area contributed by atoms with E-state index in [1.54, 1.807) is 22.9 Å². The number of nitrogens with zero attached hydrogens (tertiary/aromatic N) is 3. The van der Waals surface area contributed by atoms with Crippen LogP contribution in [0.5, 0.6) is 0 Å². The molecule has 170 valence electrons. The maximum atomic E-state index is 15.1. The zero-order valence-electron chi connectivity index (χ0n) is 19.2. The highest BCUT2D eigenvalue weighted by Crippen LogP contribution is 2.47. The maximum Gasteiger partial charge on any atom is 0.277 e. The van der Waals surface area contributed by atoms with E-state index in [2.05, 4.69) is 0 Å². The molecule has 3 aromatic rings. The highest BCUT2D eigenvalue weighted by atomic mass is 35.5. The average molecular weight is 476 g/mol. The third-order valence-corrected chi connectivity index (χ3v) is 6.07. The fourth-order valence-electron chi connectivity index (χ4n) is 4.13. The van der Waals surface area contributed by atoms with Crippen molar-refractivity contribution in [1.29, 1.82) is 0 Å². The molecule has 2 heterocycles. The van der Waals surface area contributed by atoms with Crippen molar-refractivity contribution in [2.24, 2.45) is 0 Å². The van der Waals surface area contributed by atoms with Gasteiger partial charge in [0.2, 0.25) is 0 Å². The van der Waals surface area contributed by atoms with E-state index in [4.69, 9.17) is 28.3 Å². The summed E-state index contributed by atoms with van der Waals surface area (Å²) in [6, 6.07) is 9.71. The van der Waals surface area contributed by atoms with E-state index in [1.165, 1.54) is 11.0 Å². The van der Waals surface area contributed by atoms with E-state index < -0.39 is 11.9 Å². The van der Waals surface area contributed by atoms with E-state index in [9.17, 15) is 4.79 Å². The average Bonchev–Trinajstić information content (AvgIpc) is 3.29. The molecule has 0 fully saturated rings. The van der Waals surface area contributed by atoms with Crippen LogP contribution in [0.25, 0.3) is 0 Å². The number of rotatable bonds is 4. The SMILES string of the molecule is CC.CCn1nc(C(C)C)c2c1C(=O)N(c1cccc(Cl)c1F)C2c1cc(Cl)ccc1C. The molecule has 0 N–H and O–H groups in total. The molecule has 7 heteroatoms. The van der Waals surface area contributed by atoms with E-state index in [1.807, 2.05) is 53.7 Å². The molecule has 32 heavy (non-hydrogen) atoms. The minimum atomic E-state index is -0.621. The molecule has 1 aliphatic heterocycles. The molecule has 0 bridgehead atoms. The second-order valence-corrected chi connectivity index (χ2v) is 8.61. The van der Waals surface area contributed by atoms with Gasteiger partial charge in [0.1, 0.15) is 5.69 Å². The molecule has 2 aromatic carbocycles. The molecule has 0 radical (unpaired) electrons. The molecule has 1 aliphatic rings. The highest BCUT2D eigenvalue weighted by molar-refractivity contribution is 6.31. The summed E-state index contributed by atoms with van der Waals surface area (Å²) >= 11 is 12.4. The van der Waals surface area contributed by atoms with Crippen molar-refractivity contribution >= 4 is 34.8 Å². The van der Waals surface area contributed by atoms with Crippen molar-refractivity contribution in [2.45, 2.75) is 60.0 Å². The summed E-state index contributed by atoms with van der Waals surface area (Å²) in [5, 5.41) is 5.24. The van der Waals surface area contributed by atoms with Crippen LogP contribution in [0.3, 0.4) is 0 Å². The molecule has 1 amide bonds. The first-order valence-electron chi connectivity index (χ1n) is 10.9. The molecular weight excluding hydrogens is 448 g/mol. The van der Waals surface area contributed by atoms with Crippen molar-refractivity contribution < 1.29 is 9.18 Å². The Morgan fingerprint density at radius 3 is 2.47 bits per heavy atom. The van der Waals surface area contributed by atoms with Gasteiger partial charge >= 0.3 is 0 Å². The Balaban J connectivity index is 0.00000141. The zero-order valence-corrected chi connectivity index (χ0v) is 20.7. The summed E-state index contributed by atoms with van der Waals surface area (Å²) in [6.07, 6.45) is 0. The van der Waals surface area contributed by atoms with Gasteiger partial charge in [0.15, 0.2) is 5.82 Å². The second kappa shape index (κ2) is 9.63. The van der Waals surface area contributed by atoms with Crippen LogP contribution in [0.2, 0.25) is 10.0 Å². The standard InChI is InChI=1S/C23H22Cl2FN3O.C2H6/c1-5-28-22-18(20(27-28)12(2)3)21(15-11-14(24)10-9-13(15)4)29(23(22)30)17-8-6-7-16(25)19(17)26;1-2/h6-12,21H,5H2,1-4H3;1-2H3. The Morgan fingerprint density at radius 2 is 1.84 bits per heavy atom. The molecule has 0 saturated heterocycles. The normalized spacial score (nSPS) is 15.1. The Labute approximate surface area is 198 Å². The van der Waals surface area contributed by atoms with E-state index in [0.717, 1.165) is 22.4 Å². The topological polar surface area (TPSA) is 38.1 Å². The van der Waals surface area contributed by atoms with Crippen LogP contribution in [0.4, 0.5) is 10.1 Å². The monoisotopic (exact) mass is 475 g/mol. The number of benzene rings is 2. The van der Waals surface area contributed by atoms with Crippen LogP contribution >= 0.6 is 23.2 Å². The highest BCUT2D eigenvalue weighted by Gasteiger charge is 2.46. The molecule has 4 rings (SSSR count). The number of hydrogen-bond donors (Lipinski definition) is 0. The molecule has 1 atom stereocenters. The van der Waals surface area contributed by atoms with Gasteiger partial charge in [-0.2, -0.15) is 5.10 Å². The quantitative estimate of drug-likeness (QED) is 0.390. The number of carbonyl (C=O) groups is 1. The van der Waals surface area contributed by atoms with Crippen LogP contribution in [0, 0.1) is 12.7 Å². The maximum absolute atomic E-state index is 15.1. The van der Waals surface area contributed by atoms with Gasteiger partial charge in [-0.1, -0.05) is 63.0 Å². The number of aryl methyl sites for hydroxylation is 2. The number of carbonyl (C=O) groups excluding carboxylic acids is 1. The fourth-order valence-corrected chi connectivity index (χ4v) is 4.48. The van der Waals surface area contributed by atoms with Gasteiger partial charge in [-0.3, -0.25) is 14.4 Å². The molecular formula is C25H28Cl2FN3O. The van der Waals surface area contributed by atoms with E-state index in [-0.39, 0.29) is 22.5 Å². The number of anilines is 1. The second-order valence-electron chi connectivity index (χ2n) is 7.77. The van der Waals surface area contributed by atoms with Crippen molar-refractivity contribution in [2.75, 3.05) is 4.90 Å². The minimum absolute atomic E-state index is 0.0287. The lowest BCUT2D eigenvalue weighted by Gasteiger charge is -2.28. The van der Waals surface area contributed by atoms with Crippen molar-refractivity contribution in [3.8, 4) is 0 Å². The van der Waals surface area contributed by atoms with Gasteiger partial charge in [-0.05, 0) is 55.2 Å². The predicted octanol–water partition coefficient (Wildman–Crippen LogP) is 7.56. The van der Waals surface area contributed by atoms with E-state index in [0.29, 0.717) is 17.3 Å². The fraction of sp³-hybridized carbons (Fsp3) is 0.360. The number of hydrogen-bond acceptors (Lipinski definition) is 2.